The Morgan fingerprint density at radius 1 is 1.10 bits per heavy atom. The van der Waals surface area contributed by atoms with Crippen LogP contribution in [0.4, 0.5) is 5.69 Å². The SMILES string of the molecule is N#C[C@@H]1CC(c2ccc(Cl)cc2)=NN1c1ccccc1. The number of para-hydroxylation sites is 1. The highest BCUT2D eigenvalue weighted by Crippen LogP contribution is 2.26. The second-order valence-electron chi connectivity index (χ2n) is 4.58. The molecule has 0 spiro atoms. The van der Waals surface area contributed by atoms with Gasteiger partial charge in [0.2, 0.25) is 0 Å². The normalized spacial score (nSPS) is 17.7. The van der Waals surface area contributed by atoms with E-state index in [-0.39, 0.29) is 6.04 Å². The van der Waals surface area contributed by atoms with Crippen molar-refractivity contribution in [3.63, 3.8) is 0 Å². The topological polar surface area (TPSA) is 39.4 Å². The summed E-state index contributed by atoms with van der Waals surface area (Å²) in [6.45, 7) is 0. The van der Waals surface area contributed by atoms with Crippen LogP contribution in [0.15, 0.2) is 59.7 Å². The van der Waals surface area contributed by atoms with Gasteiger partial charge in [0.25, 0.3) is 0 Å². The molecule has 1 aliphatic heterocycles. The highest BCUT2D eigenvalue weighted by atomic mass is 35.5. The molecule has 0 unspecified atom stereocenters. The maximum absolute atomic E-state index is 9.32. The molecule has 2 aromatic carbocycles. The van der Waals surface area contributed by atoms with Crippen LogP contribution in [0.2, 0.25) is 5.02 Å². The average molecular weight is 282 g/mol. The minimum Gasteiger partial charge on any atom is -0.248 e. The van der Waals surface area contributed by atoms with Gasteiger partial charge in [-0.2, -0.15) is 10.4 Å². The summed E-state index contributed by atoms with van der Waals surface area (Å²) in [5.74, 6) is 0. The minimum absolute atomic E-state index is 0.261. The van der Waals surface area contributed by atoms with Crippen LogP contribution in [-0.2, 0) is 0 Å². The first-order valence-electron chi connectivity index (χ1n) is 6.35. The lowest BCUT2D eigenvalue weighted by Crippen LogP contribution is -2.24. The number of anilines is 1. The van der Waals surface area contributed by atoms with Crippen molar-refractivity contribution in [3.05, 3.63) is 65.2 Å². The summed E-state index contributed by atoms with van der Waals surface area (Å²) in [6.07, 6.45) is 0.618. The molecule has 0 aromatic heterocycles. The summed E-state index contributed by atoms with van der Waals surface area (Å²) in [7, 11) is 0. The van der Waals surface area contributed by atoms with Crippen LogP contribution >= 0.6 is 11.6 Å². The lowest BCUT2D eigenvalue weighted by molar-refractivity contribution is 0.800. The Morgan fingerprint density at radius 2 is 1.80 bits per heavy atom. The van der Waals surface area contributed by atoms with Crippen molar-refractivity contribution in [2.24, 2.45) is 5.10 Å². The first-order valence-corrected chi connectivity index (χ1v) is 6.73. The fourth-order valence-corrected chi connectivity index (χ4v) is 2.37. The summed E-state index contributed by atoms with van der Waals surface area (Å²) >= 11 is 5.90. The monoisotopic (exact) mass is 281 g/mol. The summed E-state index contributed by atoms with van der Waals surface area (Å²) in [5, 5.41) is 16.4. The maximum atomic E-state index is 9.32. The number of hydrazone groups is 1. The molecule has 0 N–H and O–H groups in total. The smallest absolute Gasteiger partial charge is 0.144 e. The van der Waals surface area contributed by atoms with Crippen molar-refractivity contribution in [2.45, 2.75) is 12.5 Å². The van der Waals surface area contributed by atoms with Crippen molar-refractivity contribution in [3.8, 4) is 6.07 Å². The van der Waals surface area contributed by atoms with Gasteiger partial charge in [0.05, 0.1) is 17.5 Å². The predicted molar refractivity (Wildman–Crippen MR) is 80.9 cm³/mol. The molecule has 1 heterocycles. The quantitative estimate of drug-likeness (QED) is 0.839. The third-order valence-electron chi connectivity index (χ3n) is 3.26. The third-order valence-corrected chi connectivity index (χ3v) is 3.51. The van der Waals surface area contributed by atoms with E-state index in [1.807, 2.05) is 54.6 Å². The molecule has 0 saturated heterocycles. The first-order chi connectivity index (χ1) is 9.78. The molecule has 2 aromatic rings. The van der Waals surface area contributed by atoms with Gasteiger partial charge in [0, 0.05) is 11.4 Å². The molecule has 1 aliphatic rings. The first kappa shape index (κ1) is 12.7. The Hall–Kier alpha value is -2.31. The van der Waals surface area contributed by atoms with Crippen molar-refractivity contribution >= 4 is 23.0 Å². The molecule has 1 atom stereocenters. The molecular formula is C16H12ClN3. The van der Waals surface area contributed by atoms with E-state index < -0.39 is 0 Å². The maximum Gasteiger partial charge on any atom is 0.144 e. The van der Waals surface area contributed by atoms with Gasteiger partial charge in [-0.1, -0.05) is 41.9 Å². The van der Waals surface area contributed by atoms with Crippen molar-refractivity contribution in [1.29, 1.82) is 5.26 Å². The van der Waals surface area contributed by atoms with Gasteiger partial charge in [-0.15, -0.1) is 0 Å². The van der Waals surface area contributed by atoms with Gasteiger partial charge < -0.3 is 0 Å². The van der Waals surface area contributed by atoms with Crippen LogP contribution in [0.5, 0.6) is 0 Å². The molecule has 3 nitrogen and oxygen atoms in total. The average Bonchev–Trinajstić information content (AvgIpc) is 2.93. The fraction of sp³-hybridized carbons (Fsp3) is 0.125. The lowest BCUT2D eigenvalue weighted by Gasteiger charge is -2.17. The minimum atomic E-state index is -0.261. The summed E-state index contributed by atoms with van der Waals surface area (Å²) in [4.78, 5) is 0. The Balaban J connectivity index is 1.95. The number of nitriles is 1. The number of hydrogen-bond acceptors (Lipinski definition) is 3. The Bertz CT molecular complexity index is 671. The van der Waals surface area contributed by atoms with Crippen LogP contribution in [-0.4, -0.2) is 11.8 Å². The molecule has 0 bridgehead atoms. The molecule has 3 rings (SSSR count). The van der Waals surface area contributed by atoms with E-state index >= 15 is 0 Å². The Labute approximate surface area is 122 Å². The number of hydrogen-bond donors (Lipinski definition) is 0. The predicted octanol–water partition coefficient (Wildman–Crippen LogP) is 3.85. The van der Waals surface area contributed by atoms with Crippen molar-refractivity contribution < 1.29 is 0 Å². The van der Waals surface area contributed by atoms with Gasteiger partial charge in [-0.3, -0.25) is 0 Å². The van der Waals surface area contributed by atoms with E-state index in [9.17, 15) is 5.26 Å². The highest BCUT2D eigenvalue weighted by molar-refractivity contribution is 6.30. The van der Waals surface area contributed by atoms with Crippen LogP contribution < -0.4 is 5.01 Å². The zero-order valence-electron chi connectivity index (χ0n) is 10.7. The van der Waals surface area contributed by atoms with E-state index in [2.05, 4.69) is 11.2 Å². The van der Waals surface area contributed by atoms with Gasteiger partial charge in [-0.05, 0) is 29.8 Å². The van der Waals surface area contributed by atoms with E-state index in [1.165, 1.54) is 0 Å². The number of nitrogens with zero attached hydrogens (tertiary/aromatic N) is 3. The second kappa shape index (κ2) is 5.36. The molecule has 0 aliphatic carbocycles. The molecule has 0 amide bonds. The van der Waals surface area contributed by atoms with Crippen molar-refractivity contribution in [1.82, 2.24) is 0 Å². The third kappa shape index (κ3) is 2.38. The highest BCUT2D eigenvalue weighted by Gasteiger charge is 2.28. The molecule has 0 saturated carbocycles. The largest absolute Gasteiger partial charge is 0.248 e. The molecule has 98 valence electrons. The van der Waals surface area contributed by atoms with Crippen LogP contribution in [0.1, 0.15) is 12.0 Å². The molecular weight excluding hydrogens is 270 g/mol. The summed E-state index contributed by atoms with van der Waals surface area (Å²) in [6, 6.07) is 19.3. The number of halogens is 1. The van der Waals surface area contributed by atoms with Crippen molar-refractivity contribution in [2.75, 3.05) is 5.01 Å². The van der Waals surface area contributed by atoms with E-state index in [0.717, 1.165) is 17.0 Å². The van der Waals surface area contributed by atoms with E-state index in [4.69, 9.17) is 11.6 Å². The van der Waals surface area contributed by atoms with E-state index in [0.29, 0.717) is 11.4 Å². The van der Waals surface area contributed by atoms with Gasteiger partial charge in [-0.25, -0.2) is 5.01 Å². The Morgan fingerprint density at radius 3 is 2.45 bits per heavy atom. The summed E-state index contributed by atoms with van der Waals surface area (Å²) in [5.41, 5.74) is 2.85. The fourth-order valence-electron chi connectivity index (χ4n) is 2.25. The van der Waals surface area contributed by atoms with E-state index in [1.54, 1.807) is 5.01 Å². The standard InChI is InChI=1S/C16H12ClN3/c17-13-8-6-12(7-9-13)16-10-15(11-18)20(19-16)14-4-2-1-3-5-14/h1-9,15H,10H2/t15-/m0/s1. The zero-order chi connectivity index (χ0) is 13.9. The Kier molecular flexibility index (Phi) is 3.41. The van der Waals surface area contributed by atoms with Crippen LogP contribution in [0.3, 0.4) is 0 Å². The van der Waals surface area contributed by atoms with Gasteiger partial charge in [0.1, 0.15) is 6.04 Å². The summed E-state index contributed by atoms with van der Waals surface area (Å²) < 4.78 is 0. The molecule has 4 heteroatoms. The van der Waals surface area contributed by atoms with Gasteiger partial charge in [0.15, 0.2) is 0 Å². The van der Waals surface area contributed by atoms with Crippen LogP contribution in [0.25, 0.3) is 0 Å². The number of benzene rings is 2. The van der Waals surface area contributed by atoms with Gasteiger partial charge >= 0.3 is 0 Å². The molecule has 0 fully saturated rings. The molecule has 20 heavy (non-hydrogen) atoms. The van der Waals surface area contributed by atoms with Crippen LogP contribution in [0, 0.1) is 11.3 Å². The molecule has 0 radical (unpaired) electrons. The zero-order valence-corrected chi connectivity index (χ0v) is 11.5. The number of rotatable bonds is 2. The second-order valence-corrected chi connectivity index (χ2v) is 5.02. The lowest BCUT2D eigenvalue weighted by atomic mass is 10.0.